The molecule has 0 spiro atoms. The first-order valence-electron chi connectivity index (χ1n) is 10.6. The molecule has 0 bridgehead atoms. The second kappa shape index (κ2) is 10.5. The summed E-state index contributed by atoms with van der Waals surface area (Å²) < 4.78 is 5.43. The maximum Gasteiger partial charge on any atom is 0.226 e. The molecule has 1 saturated carbocycles. The third kappa shape index (κ3) is 5.71. The number of para-hydroxylation sites is 2. The Labute approximate surface area is 168 Å². The molecule has 1 aliphatic carbocycles. The lowest BCUT2D eigenvalue weighted by molar-refractivity contribution is -0.131. The Kier molecular flexibility index (Phi) is 7.71. The van der Waals surface area contributed by atoms with Crippen LogP contribution in [0.1, 0.15) is 51.9 Å². The number of nitrogens with one attached hydrogen (secondary N) is 1. The molecule has 3 rings (SSSR count). The average Bonchev–Trinajstić information content (AvgIpc) is 2.98. The van der Waals surface area contributed by atoms with Gasteiger partial charge in [-0.1, -0.05) is 37.8 Å². The molecule has 0 radical (unpaired) electrons. The molecule has 2 fully saturated rings. The summed E-state index contributed by atoms with van der Waals surface area (Å²) in [6.07, 6.45) is 7.29. The predicted octanol–water partition coefficient (Wildman–Crippen LogP) is 3.42. The van der Waals surface area contributed by atoms with Gasteiger partial charge in [-0.2, -0.15) is 0 Å². The van der Waals surface area contributed by atoms with Crippen LogP contribution in [0.4, 0.5) is 11.4 Å². The zero-order valence-corrected chi connectivity index (χ0v) is 17.0. The fraction of sp³-hybridized carbons (Fsp3) is 0.636. The zero-order valence-electron chi connectivity index (χ0n) is 17.0. The molecule has 6 heteroatoms. The molecule has 1 aromatic carbocycles. The van der Waals surface area contributed by atoms with Crippen LogP contribution in [0.2, 0.25) is 0 Å². The van der Waals surface area contributed by atoms with Gasteiger partial charge in [-0.3, -0.25) is 9.59 Å². The number of carbonyl (C=O) groups excluding carboxylic acids is 2. The highest BCUT2D eigenvalue weighted by Gasteiger charge is 2.23. The van der Waals surface area contributed by atoms with Crippen molar-refractivity contribution < 1.29 is 14.3 Å². The van der Waals surface area contributed by atoms with Gasteiger partial charge < -0.3 is 19.9 Å². The molecule has 1 aromatic rings. The van der Waals surface area contributed by atoms with E-state index in [9.17, 15) is 9.59 Å². The molecule has 1 saturated heterocycles. The largest absolute Gasteiger partial charge is 0.378 e. The SMILES string of the molecule is CC(=O)N(CCC(=O)Nc1ccccc1N1CCOCC1)C1CCCCCC1. The van der Waals surface area contributed by atoms with Crippen LogP contribution in [-0.2, 0) is 14.3 Å². The van der Waals surface area contributed by atoms with E-state index in [1.54, 1.807) is 6.92 Å². The van der Waals surface area contributed by atoms with Crippen LogP contribution < -0.4 is 10.2 Å². The van der Waals surface area contributed by atoms with Crippen molar-refractivity contribution in [1.29, 1.82) is 0 Å². The van der Waals surface area contributed by atoms with Gasteiger partial charge in [-0.15, -0.1) is 0 Å². The van der Waals surface area contributed by atoms with Crippen molar-refractivity contribution in [3.63, 3.8) is 0 Å². The van der Waals surface area contributed by atoms with Crippen molar-refractivity contribution in [3.05, 3.63) is 24.3 Å². The first-order valence-corrected chi connectivity index (χ1v) is 10.6. The van der Waals surface area contributed by atoms with E-state index in [4.69, 9.17) is 4.74 Å². The van der Waals surface area contributed by atoms with Gasteiger partial charge in [0.05, 0.1) is 24.6 Å². The van der Waals surface area contributed by atoms with E-state index in [-0.39, 0.29) is 17.9 Å². The number of benzene rings is 1. The van der Waals surface area contributed by atoms with Crippen molar-refractivity contribution in [1.82, 2.24) is 4.90 Å². The Hall–Kier alpha value is -2.08. The van der Waals surface area contributed by atoms with E-state index < -0.39 is 0 Å². The van der Waals surface area contributed by atoms with E-state index in [1.165, 1.54) is 25.7 Å². The molecule has 1 N–H and O–H groups in total. The summed E-state index contributed by atoms with van der Waals surface area (Å²) in [5.41, 5.74) is 1.87. The topological polar surface area (TPSA) is 61.9 Å². The average molecular weight is 388 g/mol. The molecule has 0 aromatic heterocycles. The van der Waals surface area contributed by atoms with Gasteiger partial charge in [0.25, 0.3) is 0 Å². The molecule has 1 aliphatic heterocycles. The highest BCUT2D eigenvalue weighted by Crippen LogP contribution is 2.27. The monoisotopic (exact) mass is 387 g/mol. The van der Waals surface area contributed by atoms with Crippen molar-refractivity contribution in [2.45, 2.75) is 57.9 Å². The number of carbonyl (C=O) groups is 2. The summed E-state index contributed by atoms with van der Waals surface area (Å²) in [5.74, 6) is 0.0361. The third-order valence-corrected chi connectivity index (χ3v) is 5.78. The van der Waals surface area contributed by atoms with Crippen LogP contribution >= 0.6 is 0 Å². The Bertz CT molecular complexity index is 650. The predicted molar refractivity (Wildman–Crippen MR) is 112 cm³/mol. The van der Waals surface area contributed by atoms with E-state index >= 15 is 0 Å². The molecular formula is C22H33N3O3. The minimum absolute atomic E-state index is 0.0411. The number of hydrogen-bond acceptors (Lipinski definition) is 4. The Morgan fingerprint density at radius 2 is 1.79 bits per heavy atom. The summed E-state index contributed by atoms with van der Waals surface area (Å²) in [5, 5.41) is 3.06. The fourth-order valence-electron chi connectivity index (χ4n) is 4.26. The lowest BCUT2D eigenvalue weighted by Crippen LogP contribution is -2.40. The number of hydrogen-bond donors (Lipinski definition) is 1. The fourth-order valence-corrected chi connectivity index (χ4v) is 4.26. The summed E-state index contributed by atoms with van der Waals surface area (Å²) in [4.78, 5) is 29.0. The van der Waals surface area contributed by atoms with Gasteiger partial charge >= 0.3 is 0 Å². The van der Waals surface area contributed by atoms with E-state index in [0.29, 0.717) is 26.2 Å². The van der Waals surface area contributed by atoms with Crippen molar-refractivity contribution >= 4 is 23.2 Å². The molecule has 6 nitrogen and oxygen atoms in total. The number of morpholine rings is 1. The molecule has 2 aliphatic rings. The molecule has 28 heavy (non-hydrogen) atoms. The van der Waals surface area contributed by atoms with Gasteiger partial charge in [0.15, 0.2) is 0 Å². The van der Waals surface area contributed by atoms with Crippen LogP contribution in [0.3, 0.4) is 0 Å². The number of ether oxygens (including phenoxy) is 1. The standard InChI is InChI=1S/C22H33N3O3/c1-18(26)25(19-8-4-2-3-5-9-19)13-12-22(27)23-20-10-6-7-11-21(20)24-14-16-28-17-15-24/h6-7,10-11,19H,2-5,8-9,12-17H2,1H3,(H,23,27). The molecule has 2 amide bonds. The van der Waals surface area contributed by atoms with Crippen molar-refractivity contribution in [2.24, 2.45) is 0 Å². The smallest absolute Gasteiger partial charge is 0.226 e. The van der Waals surface area contributed by atoms with Gasteiger partial charge in [0.1, 0.15) is 0 Å². The first kappa shape index (κ1) is 20.6. The lowest BCUT2D eigenvalue weighted by Gasteiger charge is -2.31. The molecule has 154 valence electrons. The second-order valence-corrected chi connectivity index (χ2v) is 7.77. The van der Waals surface area contributed by atoms with Crippen LogP contribution in [0.15, 0.2) is 24.3 Å². The highest BCUT2D eigenvalue weighted by molar-refractivity contribution is 5.94. The molecule has 0 atom stereocenters. The zero-order chi connectivity index (χ0) is 19.8. The maximum absolute atomic E-state index is 12.6. The van der Waals surface area contributed by atoms with Crippen molar-refractivity contribution in [2.75, 3.05) is 43.1 Å². The number of anilines is 2. The summed E-state index contributed by atoms with van der Waals surface area (Å²) in [6.45, 7) is 5.18. The molecule has 0 unspecified atom stereocenters. The van der Waals surface area contributed by atoms with E-state index in [0.717, 1.165) is 37.3 Å². The van der Waals surface area contributed by atoms with Crippen LogP contribution in [0.25, 0.3) is 0 Å². The van der Waals surface area contributed by atoms with Gasteiger partial charge in [-0.25, -0.2) is 0 Å². The number of nitrogens with zero attached hydrogens (tertiary/aromatic N) is 2. The molecular weight excluding hydrogens is 354 g/mol. The van der Waals surface area contributed by atoms with Crippen molar-refractivity contribution in [3.8, 4) is 0 Å². The quantitative estimate of drug-likeness (QED) is 0.760. The Morgan fingerprint density at radius 1 is 1.11 bits per heavy atom. The summed E-state index contributed by atoms with van der Waals surface area (Å²) >= 11 is 0. The highest BCUT2D eigenvalue weighted by atomic mass is 16.5. The van der Waals surface area contributed by atoms with E-state index in [2.05, 4.69) is 10.2 Å². The maximum atomic E-state index is 12.6. The van der Waals surface area contributed by atoms with E-state index in [1.807, 2.05) is 29.2 Å². The normalized spacial score (nSPS) is 18.4. The van der Waals surface area contributed by atoms with Crippen LogP contribution in [0.5, 0.6) is 0 Å². The number of amides is 2. The van der Waals surface area contributed by atoms with Gasteiger partial charge in [0.2, 0.25) is 11.8 Å². The van der Waals surface area contributed by atoms with Crippen LogP contribution in [-0.4, -0.2) is 55.6 Å². The Morgan fingerprint density at radius 3 is 2.46 bits per heavy atom. The lowest BCUT2D eigenvalue weighted by atomic mass is 10.1. The first-order chi connectivity index (χ1) is 13.6. The molecule has 1 heterocycles. The summed E-state index contributed by atoms with van der Waals surface area (Å²) in [6, 6.07) is 8.19. The van der Waals surface area contributed by atoms with Crippen LogP contribution in [0, 0.1) is 0 Å². The number of rotatable bonds is 6. The van der Waals surface area contributed by atoms with Gasteiger partial charge in [-0.05, 0) is 25.0 Å². The summed E-state index contributed by atoms with van der Waals surface area (Å²) in [7, 11) is 0. The third-order valence-electron chi connectivity index (χ3n) is 5.78. The Balaban J connectivity index is 1.58. The minimum atomic E-state index is -0.0411. The minimum Gasteiger partial charge on any atom is -0.378 e. The second-order valence-electron chi connectivity index (χ2n) is 7.77. The van der Waals surface area contributed by atoms with Gasteiger partial charge in [0, 0.05) is 39.0 Å².